The van der Waals surface area contributed by atoms with Gasteiger partial charge in [0.25, 0.3) is 0 Å². The summed E-state index contributed by atoms with van der Waals surface area (Å²) < 4.78 is 16.5. The van der Waals surface area contributed by atoms with E-state index in [2.05, 4.69) is 0 Å². The van der Waals surface area contributed by atoms with Crippen LogP contribution in [0.1, 0.15) is 39.6 Å². The lowest BCUT2D eigenvalue weighted by Crippen LogP contribution is -2.55. The Morgan fingerprint density at radius 1 is 1.06 bits per heavy atom. The van der Waals surface area contributed by atoms with Gasteiger partial charge in [-0.15, -0.1) is 0 Å². The Morgan fingerprint density at radius 2 is 1.85 bits per heavy atom. The number of rotatable bonds is 7. The first-order chi connectivity index (χ1) is 15.8. The van der Waals surface area contributed by atoms with Crippen LogP contribution in [0.2, 0.25) is 0 Å². The maximum Gasteiger partial charge on any atom is 0.163 e. The topological polar surface area (TPSA) is 130 Å². The molecule has 1 fully saturated rings. The molecule has 0 aliphatic carbocycles. The number of Topliss-reactive ketones (excluding diaryl/α,β-unsaturated/α-hetero) is 1. The van der Waals surface area contributed by atoms with Crippen molar-refractivity contribution in [2.24, 2.45) is 0 Å². The fraction of sp³-hybridized carbons (Fsp3) is 0.400. The first kappa shape index (κ1) is 23.4. The highest BCUT2D eigenvalue weighted by atomic mass is 16.5. The number of carbonyl (C=O) groups is 1. The molecule has 33 heavy (non-hydrogen) atoms. The van der Waals surface area contributed by atoms with Gasteiger partial charge in [0.15, 0.2) is 5.78 Å². The molecule has 8 nitrogen and oxygen atoms in total. The summed E-state index contributed by atoms with van der Waals surface area (Å²) in [4.78, 5) is 13.1. The SMILES string of the molecule is COc1cc(C)c(C(=O)CCc2ccc3occc3c2)cc1C1OC(CO)C(O)C(O)C1O. The van der Waals surface area contributed by atoms with Gasteiger partial charge in [0.05, 0.1) is 20.0 Å². The van der Waals surface area contributed by atoms with E-state index in [4.69, 9.17) is 13.9 Å². The molecule has 176 valence electrons. The Balaban J connectivity index is 1.59. The van der Waals surface area contributed by atoms with Crippen molar-refractivity contribution >= 4 is 16.8 Å². The zero-order chi connectivity index (χ0) is 23.7. The van der Waals surface area contributed by atoms with E-state index < -0.39 is 37.1 Å². The van der Waals surface area contributed by atoms with Crippen LogP contribution in [0.4, 0.5) is 0 Å². The van der Waals surface area contributed by atoms with Crippen LogP contribution < -0.4 is 4.74 Å². The van der Waals surface area contributed by atoms with Crippen molar-refractivity contribution in [3.05, 3.63) is 64.9 Å². The fourth-order valence-electron chi connectivity index (χ4n) is 4.32. The monoisotopic (exact) mass is 456 g/mol. The molecule has 2 heterocycles. The van der Waals surface area contributed by atoms with E-state index in [1.165, 1.54) is 7.11 Å². The van der Waals surface area contributed by atoms with Crippen molar-refractivity contribution in [2.45, 2.75) is 50.3 Å². The molecule has 8 heteroatoms. The summed E-state index contributed by atoms with van der Waals surface area (Å²) in [6.07, 6.45) is -4.17. The Hall–Kier alpha value is -2.75. The summed E-state index contributed by atoms with van der Waals surface area (Å²) in [6.45, 7) is 1.26. The third-order valence-corrected chi connectivity index (χ3v) is 6.23. The minimum atomic E-state index is -1.52. The van der Waals surface area contributed by atoms with Crippen LogP contribution >= 0.6 is 0 Å². The number of furan rings is 1. The Morgan fingerprint density at radius 3 is 2.58 bits per heavy atom. The number of methoxy groups -OCH3 is 1. The number of aliphatic hydroxyl groups excluding tert-OH is 4. The fourth-order valence-corrected chi connectivity index (χ4v) is 4.32. The first-order valence-corrected chi connectivity index (χ1v) is 10.8. The third-order valence-electron chi connectivity index (χ3n) is 6.23. The first-order valence-electron chi connectivity index (χ1n) is 10.8. The number of fused-ring (bicyclic) bond motifs is 1. The van der Waals surface area contributed by atoms with E-state index in [9.17, 15) is 25.2 Å². The molecule has 4 rings (SSSR count). The van der Waals surface area contributed by atoms with Crippen molar-refractivity contribution in [1.29, 1.82) is 0 Å². The molecule has 1 aliphatic rings. The summed E-state index contributed by atoms with van der Waals surface area (Å²) in [7, 11) is 1.45. The van der Waals surface area contributed by atoms with E-state index in [1.807, 2.05) is 24.3 Å². The van der Waals surface area contributed by atoms with E-state index in [1.54, 1.807) is 25.3 Å². The second-order valence-electron chi connectivity index (χ2n) is 8.37. The molecule has 5 atom stereocenters. The van der Waals surface area contributed by atoms with E-state index in [0.29, 0.717) is 28.9 Å². The van der Waals surface area contributed by atoms with Crippen LogP contribution in [0.3, 0.4) is 0 Å². The number of hydrogen-bond acceptors (Lipinski definition) is 8. The average Bonchev–Trinajstić information content (AvgIpc) is 3.29. The quantitative estimate of drug-likeness (QED) is 0.398. The predicted molar refractivity (Wildman–Crippen MR) is 119 cm³/mol. The van der Waals surface area contributed by atoms with Crippen LogP contribution in [0, 0.1) is 6.92 Å². The summed E-state index contributed by atoms with van der Waals surface area (Å²) in [5.74, 6) is 0.284. The molecular weight excluding hydrogens is 428 g/mol. The number of aryl methyl sites for hydroxylation is 2. The van der Waals surface area contributed by atoms with Gasteiger partial charge in [0.2, 0.25) is 0 Å². The standard InChI is InChI=1S/C25H28O8/c1-13-9-20(31-2)17(25-24(30)23(29)22(28)21(12-26)33-25)11-16(13)18(27)5-3-14-4-6-19-15(10-14)7-8-32-19/h4,6-11,21-26,28-30H,3,5,12H2,1-2H3. The molecule has 1 aromatic heterocycles. The van der Waals surface area contributed by atoms with Crippen LogP contribution in [0.25, 0.3) is 11.0 Å². The number of ketones is 1. The van der Waals surface area contributed by atoms with Crippen molar-refractivity contribution in [2.75, 3.05) is 13.7 Å². The number of benzene rings is 2. The highest BCUT2D eigenvalue weighted by Crippen LogP contribution is 2.38. The molecule has 0 spiro atoms. The molecule has 0 radical (unpaired) electrons. The molecule has 2 aromatic carbocycles. The lowest BCUT2D eigenvalue weighted by molar-refractivity contribution is -0.232. The molecule has 4 N–H and O–H groups in total. The summed E-state index contributed by atoms with van der Waals surface area (Å²) in [6, 6.07) is 11.0. The van der Waals surface area contributed by atoms with E-state index in [0.717, 1.165) is 16.5 Å². The van der Waals surface area contributed by atoms with E-state index >= 15 is 0 Å². The van der Waals surface area contributed by atoms with Gasteiger partial charge in [0.1, 0.15) is 41.9 Å². The number of carbonyl (C=O) groups excluding carboxylic acids is 1. The zero-order valence-electron chi connectivity index (χ0n) is 18.5. The molecule has 5 unspecified atom stereocenters. The van der Waals surface area contributed by atoms with Crippen LogP contribution in [0.15, 0.2) is 47.1 Å². The van der Waals surface area contributed by atoms with Crippen LogP contribution in [-0.2, 0) is 11.2 Å². The minimum Gasteiger partial charge on any atom is -0.496 e. The number of hydrogen-bond donors (Lipinski definition) is 4. The Bertz CT molecular complexity index is 1130. The molecule has 0 amide bonds. The lowest BCUT2D eigenvalue weighted by Gasteiger charge is -2.40. The molecule has 1 saturated heterocycles. The van der Waals surface area contributed by atoms with E-state index in [-0.39, 0.29) is 12.2 Å². The van der Waals surface area contributed by atoms with Crippen LogP contribution in [0.5, 0.6) is 5.75 Å². The predicted octanol–water partition coefficient (Wildman–Crippen LogP) is 2.08. The molecule has 0 bridgehead atoms. The summed E-state index contributed by atoms with van der Waals surface area (Å²) >= 11 is 0. The third kappa shape index (κ3) is 4.53. The van der Waals surface area contributed by atoms with Gasteiger partial charge in [-0.05, 0) is 54.8 Å². The van der Waals surface area contributed by atoms with Crippen LogP contribution in [-0.4, -0.2) is 64.3 Å². The largest absolute Gasteiger partial charge is 0.496 e. The van der Waals surface area contributed by atoms with Gasteiger partial charge >= 0.3 is 0 Å². The molecular formula is C25H28O8. The second kappa shape index (κ2) is 9.62. The van der Waals surface area contributed by atoms with Crippen molar-refractivity contribution in [3.8, 4) is 5.75 Å². The smallest absolute Gasteiger partial charge is 0.163 e. The van der Waals surface area contributed by atoms with Gasteiger partial charge in [0, 0.05) is 22.9 Å². The minimum absolute atomic E-state index is 0.0896. The highest BCUT2D eigenvalue weighted by Gasteiger charge is 2.45. The van der Waals surface area contributed by atoms with Crippen molar-refractivity contribution in [3.63, 3.8) is 0 Å². The Kier molecular flexibility index (Phi) is 6.83. The van der Waals surface area contributed by atoms with Crippen molar-refractivity contribution in [1.82, 2.24) is 0 Å². The maximum atomic E-state index is 13.1. The summed E-state index contributed by atoms with van der Waals surface area (Å²) in [5, 5.41) is 41.3. The van der Waals surface area contributed by atoms with Crippen molar-refractivity contribution < 1.29 is 39.1 Å². The maximum absolute atomic E-state index is 13.1. The number of aliphatic hydroxyl groups is 4. The lowest BCUT2D eigenvalue weighted by atomic mass is 9.88. The van der Waals surface area contributed by atoms with Gasteiger partial charge in [-0.2, -0.15) is 0 Å². The zero-order valence-corrected chi connectivity index (χ0v) is 18.5. The van der Waals surface area contributed by atoms with Gasteiger partial charge < -0.3 is 34.3 Å². The second-order valence-corrected chi connectivity index (χ2v) is 8.37. The molecule has 0 saturated carbocycles. The number of ether oxygens (including phenoxy) is 2. The van der Waals surface area contributed by atoms with Gasteiger partial charge in [-0.25, -0.2) is 0 Å². The average molecular weight is 456 g/mol. The highest BCUT2D eigenvalue weighted by molar-refractivity contribution is 5.98. The molecule has 1 aliphatic heterocycles. The Labute approximate surface area is 191 Å². The van der Waals surface area contributed by atoms with Gasteiger partial charge in [-0.1, -0.05) is 6.07 Å². The van der Waals surface area contributed by atoms with Gasteiger partial charge in [-0.3, -0.25) is 4.79 Å². The normalized spacial score (nSPS) is 25.3. The summed E-state index contributed by atoms with van der Waals surface area (Å²) in [5.41, 5.74) is 3.32. The molecule has 3 aromatic rings.